The Morgan fingerprint density at radius 1 is 1.58 bits per heavy atom. The third-order valence-electron chi connectivity index (χ3n) is 3.37. The van der Waals surface area contributed by atoms with Crippen molar-refractivity contribution in [3.63, 3.8) is 0 Å². The van der Waals surface area contributed by atoms with E-state index < -0.39 is 0 Å². The predicted molar refractivity (Wildman–Crippen MR) is 76.7 cm³/mol. The van der Waals surface area contributed by atoms with Gasteiger partial charge in [0.1, 0.15) is 10.6 Å². The maximum atomic E-state index is 11.8. The topological polar surface area (TPSA) is 80.5 Å². The molecule has 2 heterocycles. The fourth-order valence-electron chi connectivity index (χ4n) is 2.29. The second kappa shape index (κ2) is 6.21. The summed E-state index contributed by atoms with van der Waals surface area (Å²) in [4.78, 5) is 13.9. The lowest BCUT2D eigenvalue weighted by Gasteiger charge is -2.27. The molecule has 2 rings (SSSR count). The van der Waals surface area contributed by atoms with Crippen molar-refractivity contribution in [3.8, 4) is 0 Å². The van der Waals surface area contributed by atoms with Crippen molar-refractivity contribution in [1.82, 2.24) is 9.69 Å². The summed E-state index contributed by atoms with van der Waals surface area (Å²) in [6, 6.07) is 0. The zero-order valence-corrected chi connectivity index (χ0v) is 12.1. The van der Waals surface area contributed by atoms with Gasteiger partial charge in [0.15, 0.2) is 5.82 Å². The summed E-state index contributed by atoms with van der Waals surface area (Å²) in [7, 11) is 3.58. The van der Waals surface area contributed by atoms with E-state index in [4.69, 9.17) is 10.5 Å². The van der Waals surface area contributed by atoms with Gasteiger partial charge in [0.2, 0.25) is 0 Å². The average Bonchev–Trinajstić information content (AvgIpc) is 2.81. The Kier molecular flexibility index (Phi) is 4.60. The first-order chi connectivity index (χ1) is 9.13. The van der Waals surface area contributed by atoms with Crippen LogP contribution in [-0.4, -0.2) is 44.1 Å². The van der Waals surface area contributed by atoms with Crippen LogP contribution >= 0.6 is 11.5 Å². The lowest BCUT2D eigenvalue weighted by Crippen LogP contribution is -2.30. The van der Waals surface area contributed by atoms with Gasteiger partial charge in [-0.3, -0.25) is 4.79 Å². The van der Waals surface area contributed by atoms with Gasteiger partial charge in [-0.2, -0.15) is 4.37 Å². The van der Waals surface area contributed by atoms with Crippen molar-refractivity contribution in [2.45, 2.75) is 12.8 Å². The summed E-state index contributed by atoms with van der Waals surface area (Å²) >= 11 is 1.28. The molecule has 0 atom stereocenters. The van der Waals surface area contributed by atoms with Gasteiger partial charge in [-0.05, 0) is 30.3 Å². The molecule has 1 aliphatic heterocycles. The van der Waals surface area contributed by atoms with E-state index in [1.165, 1.54) is 11.5 Å². The molecule has 0 unspecified atom stereocenters. The summed E-state index contributed by atoms with van der Waals surface area (Å²) in [5.74, 6) is 0.720. The average molecular weight is 284 g/mol. The largest absolute Gasteiger partial charge is 0.382 e. The predicted octanol–water partition coefficient (Wildman–Crippen LogP) is 0.948. The molecule has 0 radical (unpaired) electrons. The Morgan fingerprint density at radius 3 is 2.89 bits per heavy atom. The van der Waals surface area contributed by atoms with Crippen LogP contribution in [0.1, 0.15) is 23.2 Å². The van der Waals surface area contributed by atoms with Crippen molar-refractivity contribution in [2.24, 2.45) is 5.92 Å². The van der Waals surface area contributed by atoms with Crippen LogP contribution in [0.2, 0.25) is 0 Å². The number of amides is 1. The lowest BCUT2D eigenvalue weighted by atomic mass is 10.00. The maximum Gasteiger partial charge on any atom is 0.257 e. The Bertz CT molecular complexity index is 443. The zero-order chi connectivity index (χ0) is 13.8. The molecule has 1 aliphatic rings. The molecule has 3 N–H and O–H groups in total. The van der Waals surface area contributed by atoms with Crippen molar-refractivity contribution in [3.05, 3.63) is 5.56 Å². The standard InChI is InChI=1S/C12H20N4O2S/c1-14-11(17)9-10(13)15-19-12(9)16(2)7-8-3-5-18-6-4-8/h8H,3-7H2,1-2H3,(H2,13,15)(H,14,17). The summed E-state index contributed by atoms with van der Waals surface area (Å²) < 4.78 is 9.45. The highest BCUT2D eigenvalue weighted by Crippen LogP contribution is 2.31. The number of hydrogen-bond acceptors (Lipinski definition) is 6. The van der Waals surface area contributed by atoms with Crippen LogP contribution in [0.3, 0.4) is 0 Å². The number of anilines is 2. The number of ether oxygens (including phenoxy) is 1. The SMILES string of the molecule is CNC(=O)c1c(N)nsc1N(C)CC1CCOCC1. The lowest BCUT2D eigenvalue weighted by molar-refractivity contribution is 0.0685. The number of carbonyl (C=O) groups is 1. The molecule has 1 aromatic rings. The molecule has 0 bridgehead atoms. The highest BCUT2D eigenvalue weighted by molar-refractivity contribution is 7.11. The van der Waals surface area contributed by atoms with E-state index in [9.17, 15) is 4.79 Å². The number of hydrogen-bond donors (Lipinski definition) is 2. The van der Waals surface area contributed by atoms with Crippen molar-refractivity contribution in [1.29, 1.82) is 0 Å². The quantitative estimate of drug-likeness (QED) is 0.860. The van der Waals surface area contributed by atoms with Gasteiger partial charge in [-0.15, -0.1) is 0 Å². The molecule has 6 nitrogen and oxygen atoms in total. The number of aromatic nitrogens is 1. The van der Waals surface area contributed by atoms with Crippen LogP contribution in [0.5, 0.6) is 0 Å². The summed E-state index contributed by atoms with van der Waals surface area (Å²) in [5.41, 5.74) is 6.27. The van der Waals surface area contributed by atoms with E-state index >= 15 is 0 Å². The number of rotatable bonds is 4. The number of nitrogens with one attached hydrogen (secondary N) is 1. The monoisotopic (exact) mass is 284 g/mol. The van der Waals surface area contributed by atoms with Gasteiger partial charge in [0.25, 0.3) is 5.91 Å². The van der Waals surface area contributed by atoms with E-state index in [0.717, 1.165) is 37.6 Å². The van der Waals surface area contributed by atoms with Crippen LogP contribution in [0, 0.1) is 5.92 Å². The van der Waals surface area contributed by atoms with Crippen molar-refractivity contribution in [2.75, 3.05) is 44.5 Å². The van der Waals surface area contributed by atoms with Gasteiger partial charge in [-0.1, -0.05) is 0 Å². The van der Waals surface area contributed by atoms with E-state index in [-0.39, 0.29) is 5.91 Å². The van der Waals surface area contributed by atoms with Crippen molar-refractivity contribution < 1.29 is 9.53 Å². The minimum atomic E-state index is -0.180. The van der Waals surface area contributed by atoms with E-state index in [1.54, 1.807) is 7.05 Å². The molecule has 0 saturated carbocycles. The molecular formula is C12H20N4O2S. The molecule has 0 aliphatic carbocycles. The van der Waals surface area contributed by atoms with Crippen LogP contribution in [0.4, 0.5) is 10.8 Å². The third-order valence-corrected chi connectivity index (χ3v) is 4.35. The fourth-order valence-corrected chi connectivity index (χ4v) is 3.07. The van der Waals surface area contributed by atoms with E-state index in [2.05, 4.69) is 14.6 Å². The Labute approximate surface area is 117 Å². The molecule has 1 aromatic heterocycles. The van der Waals surface area contributed by atoms with Crippen LogP contribution < -0.4 is 16.0 Å². The minimum Gasteiger partial charge on any atom is -0.382 e. The minimum absolute atomic E-state index is 0.180. The van der Waals surface area contributed by atoms with Gasteiger partial charge in [-0.25, -0.2) is 0 Å². The molecule has 1 amide bonds. The smallest absolute Gasteiger partial charge is 0.257 e. The summed E-state index contributed by atoms with van der Waals surface area (Å²) in [6.07, 6.45) is 2.13. The summed E-state index contributed by atoms with van der Waals surface area (Å²) in [6.45, 7) is 2.55. The molecule has 1 saturated heterocycles. The Balaban J connectivity index is 2.10. The number of nitrogens with zero attached hydrogens (tertiary/aromatic N) is 2. The van der Waals surface area contributed by atoms with Gasteiger partial charge >= 0.3 is 0 Å². The first-order valence-electron chi connectivity index (χ1n) is 6.39. The van der Waals surface area contributed by atoms with Gasteiger partial charge in [0.05, 0.1) is 0 Å². The molecule has 106 valence electrons. The molecule has 0 spiro atoms. The molecule has 7 heteroatoms. The molecule has 0 aromatic carbocycles. The first kappa shape index (κ1) is 14.1. The number of carbonyl (C=O) groups excluding carboxylic acids is 1. The normalized spacial score (nSPS) is 16.3. The first-order valence-corrected chi connectivity index (χ1v) is 7.17. The molecular weight excluding hydrogens is 264 g/mol. The Morgan fingerprint density at radius 2 is 2.26 bits per heavy atom. The molecule has 19 heavy (non-hydrogen) atoms. The molecule has 1 fully saturated rings. The van der Waals surface area contributed by atoms with E-state index in [1.807, 2.05) is 7.05 Å². The van der Waals surface area contributed by atoms with Crippen LogP contribution in [0.25, 0.3) is 0 Å². The highest BCUT2D eigenvalue weighted by atomic mass is 32.1. The third kappa shape index (κ3) is 3.16. The highest BCUT2D eigenvalue weighted by Gasteiger charge is 2.23. The van der Waals surface area contributed by atoms with Crippen LogP contribution in [-0.2, 0) is 4.74 Å². The fraction of sp³-hybridized carbons (Fsp3) is 0.667. The van der Waals surface area contributed by atoms with Crippen LogP contribution in [0.15, 0.2) is 0 Å². The zero-order valence-electron chi connectivity index (χ0n) is 11.3. The van der Waals surface area contributed by atoms with Gasteiger partial charge < -0.3 is 20.7 Å². The summed E-state index contributed by atoms with van der Waals surface area (Å²) in [5, 5.41) is 3.44. The number of nitrogen functional groups attached to an aromatic ring is 1. The van der Waals surface area contributed by atoms with Crippen molar-refractivity contribution >= 4 is 28.3 Å². The maximum absolute atomic E-state index is 11.8. The number of nitrogens with two attached hydrogens (primary N) is 1. The Hall–Kier alpha value is -1.34. The van der Waals surface area contributed by atoms with E-state index in [0.29, 0.717) is 17.3 Å². The second-order valence-corrected chi connectivity index (χ2v) is 5.52. The van der Waals surface area contributed by atoms with Gasteiger partial charge in [0, 0.05) is 33.9 Å². The second-order valence-electron chi connectivity index (χ2n) is 4.76.